The number of methoxy groups -OCH3 is 1. The number of ether oxygens (including phenoxy) is 1. The van der Waals surface area contributed by atoms with Gasteiger partial charge in [0.2, 0.25) is 0 Å². The maximum Gasteiger partial charge on any atom is 0.337 e. The van der Waals surface area contributed by atoms with Gasteiger partial charge >= 0.3 is 12.0 Å². The van der Waals surface area contributed by atoms with Crippen LogP contribution < -0.4 is 10.6 Å². The number of urea groups is 1. The predicted octanol–water partition coefficient (Wildman–Crippen LogP) is 2.53. The normalized spacial score (nSPS) is 18.4. The molecule has 0 saturated carbocycles. The maximum absolute atomic E-state index is 12.0. The minimum absolute atomic E-state index is 0.362. The van der Waals surface area contributed by atoms with E-state index < -0.39 is 12.0 Å². The molecule has 5 nitrogen and oxygen atoms in total. The van der Waals surface area contributed by atoms with E-state index in [9.17, 15) is 9.59 Å². The van der Waals surface area contributed by atoms with Crippen LogP contribution in [0.5, 0.6) is 0 Å². The quantitative estimate of drug-likeness (QED) is 0.842. The van der Waals surface area contributed by atoms with Gasteiger partial charge in [-0.05, 0) is 18.1 Å². The van der Waals surface area contributed by atoms with Gasteiger partial charge in [0.25, 0.3) is 0 Å². The van der Waals surface area contributed by atoms with Crippen molar-refractivity contribution in [3.63, 3.8) is 0 Å². The fraction of sp³-hybridized carbons (Fsp3) is 0.286. The average Bonchev–Trinajstić information content (AvgIpc) is 2.46. The van der Waals surface area contributed by atoms with Gasteiger partial charge < -0.3 is 15.4 Å². The molecule has 0 bridgehead atoms. The lowest BCUT2D eigenvalue weighted by atomic mass is 9.94. The van der Waals surface area contributed by atoms with Gasteiger partial charge in [0, 0.05) is 10.7 Å². The highest BCUT2D eigenvalue weighted by atomic mass is 35.5. The smallest absolute Gasteiger partial charge is 0.337 e. The van der Waals surface area contributed by atoms with Crippen LogP contribution in [0.3, 0.4) is 0 Å². The SMILES string of the molecule is CCC1=C(C(=O)OC)C(c2ccccc2Cl)NC(=O)N1. The van der Waals surface area contributed by atoms with E-state index in [1.165, 1.54) is 7.11 Å². The van der Waals surface area contributed by atoms with E-state index in [1.54, 1.807) is 24.3 Å². The van der Waals surface area contributed by atoms with Gasteiger partial charge in [-0.25, -0.2) is 9.59 Å². The zero-order valence-electron chi connectivity index (χ0n) is 11.2. The number of carbonyl (C=O) groups is 2. The third kappa shape index (κ3) is 2.63. The van der Waals surface area contributed by atoms with Crippen LogP contribution in [0.15, 0.2) is 35.5 Å². The fourth-order valence-corrected chi connectivity index (χ4v) is 2.44. The molecular formula is C14H15ClN2O3. The van der Waals surface area contributed by atoms with Crippen molar-refractivity contribution in [3.05, 3.63) is 46.1 Å². The van der Waals surface area contributed by atoms with Crippen LogP contribution in [0.25, 0.3) is 0 Å². The maximum atomic E-state index is 12.0. The summed E-state index contributed by atoms with van der Waals surface area (Å²) in [5.41, 5.74) is 1.59. The van der Waals surface area contributed by atoms with Gasteiger partial charge in [0.15, 0.2) is 0 Å². The van der Waals surface area contributed by atoms with Crippen LogP contribution >= 0.6 is 11.6 Å². The van der Waals surface area contributed by atoms with Crippen molar-refractivity contribution >= 4 is 23.6 Å². The summed E-state index contributed by atoms with van der Waals surface area (Å²) in [5.74, 6) is -0.487. The number of nitrogens with one attached hydrogen (secondary N) is 2. The Morgan fingerprint density at radius 1 is 1.40 bits per heavy atom. The number of hydrogen-bond donors (Lipinski definition) is 2. The Bertz CT molecular complexity index is 584. The van der Waals surface area contributed by atoms with Crippen LogP contribution in [-0.4, -0.2) is 19.1 Å². The highest BCUT2D eigenvalue weighted by molar-refractivity contribution is 6.31. The lowest BCUT2D eigenvalue weighted by Gasteiger charge is -2.29. The fourth-order valence-electron chi connectivity index (χ4n) is 2.19. The second-order valence-electron chi connectivity index (χ2n) is 4.29. The molecule has 0 radical (unpaired) electrons. The summed E-state index contributed by atoms with van der Waals surface area (Å²) in [5, 5.41) is 5.83. The second kappa shape index (κ2) is 5.96. The van der Waals surface area contributed by atoms with Crippen molar-refractivity contribution in [1.29, 1.82) is 0 Å². The van der Waals surface area contributed by atoms with Gasteiger partial charge in [0.05, 0.1) is 18.7 Å². The molecular weight excluding hydrogens is 280 g/mol. The largest absolute Gasteiger partial charge is 0.466 e. The van der Waals surface area contributed by atoms with E-state index in [1.807, 2.05) is 6.92 Å². The summed E-state index contributed by atoms with van der Waals surface area (Å²) in [6.07, 6.45) is 0.513. The summed E-state index contributed by atoms with van der Waals surface area (Å²) < 4.78 is 4.82. The lowest BCUT2D eigenvalue weighted by molar-refractivity contribution is -0.136. The molecule has 2 rings (SSSR count). The van der Waals surface area contributed by atoms with Crippen LogP contribution in [-0.2, 0) is 9.53 Å². The molecule has 0 fully saturated rings. The number of amides is 2. The summed E-state index contributed by atoms with van der Waals surface area (Å²) in [6.45, 7) is 1.85. The molecule has 1 atom stereocenters. The molecule has 1 heterocycles. The Morgan fingerprint density at radius 2 is 2.10 bits per heavy atom. The highest BCUT2D eigenvalue weighted by Gasteiger charge is 2.33. The molecule has 0 saturated heterocycles. The van der Waals surface area contributed by atoms with E-state index >= 15 is 0 Å². The number of hydrogen-bond acceptors (Lipinski definition) is 3. The van der Waals surface area contributed by atoms with Gasteiger partial charge in [-0.15, -0.1) is 0 Å². The van der Waals surface area contributed by atoms with E-state index in [0.29, 0.717) is 28.3 Å². The van der Waals surface area contributed by atoms with Crippen LogP contribution in [0.4, 0.5) is 4.79 Å². The lowest BCUT2D eigenvalue weighted by Crippen LogP contribution is -2.45. The Hall–Kier alpha value is -2.01. The van der Waals surface area contributed by atoms with E-state index in [2.05, 4.69) is 10.6 Å². The zero-order valence-corrected chi connectivity index (χ0v) is 12.0. The first-order valence-corrected chi connectivity index (χ1v) is 6.59. The van der Waals surface area contributed by atoms with Crippen LogP contribution in [0.1, 0.15) is 24.9 Å². The summed E-state index contributed by atoms with van der Waals surface area (Å²) in [6, 6.07) is 6.10. The first-order chi connectivity index (χ1) is 9.58. The molecule has 106 valence electrons. The number of benzene rings is 1. The van der Waals surface area contributed by atoms with E-state index in [-0.39, 0.29) is 6.03 Å². The molecule has 1 aromatic rings. The van der Waals surface area contributed by atoms with Crippen LogP contribution in [0.2, 0.25) is 5.02 Å². The number of esters is 1. The Kier molecular flexibility index (Phi) is 4.29. The number of halogens is 1. The van der Waals surface area contributed by atoms with Gasteiger partial charge in [0.1, 0.15) is 0 Å². The molecule has 0 aliphatic carbocycles. The summed E-state index contributed by atoms with van der Waals surface area (Å²) in [7, 11) is 1.31. The van der Waals surface area contributed by atoms with Crippen molar-refractivity contribution in [1.82, 2.24) is 10.6 Å². The molecule has 20 heavy (non-hydrogen) atoms. The molecule has 1 aliphatic heterocycles. The van der Waals surface area contributed by atoms with Crippen molar-refractivity contribution in [2.24, 2.45) is 0 Å². The molecule has 1 aliphatic rings. The van der Waals surface area contributed by atoms with Crippen molar-refractivity contribution in [3.8, 4) is 0 Å². The summed E-state index contributed by atoms with van der Waals surface area (Å²) in [4.78, 5) is 23.8. The number of rotatable bonds is 3. The van der Waals surface area contributed by atoms with Crippen molar-refractivity contribution < 1.29 is 14.3 Å². The third-order valence-corrected chi connectivity index (χ3v) is 3.47. The predicted molar refractivity (Wildman–Crippen MR) is 75.2 cm³/mol. The monoisotopic (exact) mass is 294 g/mol. The minimum Gasteiger partial charge on any atom is -0.466 e. The first kappa shape index (κ1) is 14.4. The molecule has 1 aromatic carbocycles. The topological polar surface area (TPSA) is 67.4 Å². The standard InChI is InChI=1S/C14H15ClN2O3/c1-3-10-11(13(18)20-2)12(17-14(19)16-10)8-6-4-5-7-9(8)15/h4-7,12H,3H2,1-2H3,(H2,16,17,19). The first-order valence-electron chi connectivity index (χ1n) is 6.21. The highest BCUT2D eigenvalue weighted by Crippen LogP contribution is 2.32. The van der Waals surface area contributed by atoms with Gasteiger partial charge in [-0.2, -0.15) is 0 Å². The Labute approximate surface area is 121 Å². The zero-order chi connectivity index (χ0) is 14.7. The van der Waals surface area contributed by atoms with Crippen molar-refractivity contribution in [2.75, 3.05) is 7.11 Å². The molecule has 2 N–H and O–H groups in total. The van der Waals surface area contributed by atoms with E-state index in [0.717, 1.165) is 0 Å². The van der Waals surface area contributed by atoms with E-state index in [4.69, 9.17) is 16.3 Å². The van der Waals surface area contributed by atoms with Crippen LogP contribution in [0, 0.1) is 0 Å². The third-order valence-electron chi connectivity index (χ3n) is 3.13. The van der Waals surface area contributed by atoms with Crippen molar-refractivity contribution in [2.45, 2.75) is 19.4 Å². The molecule has 6 heteroatoms. The van der Waals surface area contributed by atoms with Gasteiger partial charge in [-0.1, -0.05) is 36.7 Å². The minimum atomic E-state index is -0.611. The average molecular weight is 295 g/mol. The van der Waals surface area contributed by atoms with Gasteiger partial charge in [-0.3, -0.25) is 0 Å². The molecule has 0 spiro atoms. The Balaban J connectivity index is 2.56. The second-order valence-corrected chi connectivity index (χ2v) is 4.70. The number of carbonyl (C=O) groups excluding carboxylic acids is 2. The molecule has 2 amide bonds. The molecule has 1 unspecified atom stereocenters. The summed E-state index contributed by atoms with van der Waals surface area (Å²) >= 11 is 6.16. The Morgan fingerprint density at radius 3 is 2.70 bits per heavy atom. The number of allylic oxidation sites excluding steroid dienone is 1. The molecule has 0 aromatic heterocycles.